The van der Waals surface area contributed by atoms with Crippen molar-refractivity contribution < 1.29 is 32.8 Å². The van der Waals surface area contributed by atoms with Crippen LogP contribution >= 0.6 is 7.82 Å². The van der Waals surface area contributed by atoms with Gasteiger partial charge in [0.15, 0.2) is 0 Å². The van der Waals surface area contributed by atoms with Gasteiger partial charge in [0.05, 0.1) is 19.8 Å². The first-order valence-electron chi connectivity index (χ1n) is 15.6. The largest absolute Gasteiger partial charge is 0.472 e. The normalized spacial score (nSPS) is 14.5. The smallest absolute Gasteiger partial charge is 0.457 e. The highest BCUT2D eigenvalue weighted by atomic mass is 31.2. The summed E-state index contributed by atoms with van der Waals surface area (Å²) in [5.74, 6) is -0.424. The molecule has 2 atom stereocenters. The van der Waals surface area contributed by atoms with Gasteiger partial charge in [0.25, 0.3) is 0 Å². The van der Waals surface area contributed by atoms with Gasteiger partial charge in [-0.25, -0.2) is 4.57 Å². The van der Waals surface area contributed by atoms with Gasteiger partial charge >= 0.3 is 13.8 Å². The van der Waals surface area contributed by atoms with Gasteiger partial charge in [-0.05, 0) is 44.9 Å². The van der Waals surface area contributed by atoms with E-state index in [1.807, 2.05) is 0 Å². The molecule has 41 heavy (non-hydrogen) atoms. The molecular formula is C32H58NO7P. The molecule has 0 saturated heterocycles. The first-order valence-corrected chi connectivity index (χ1v) is 17.1. The molecular weight excluding hydrogens is 541 g/mol. The second kappa shape index (κ2) is 29.9. The Balaban J connectivity index is 3.67. The first-order chi connectivity index (χ1) is 19.9. The van der Waals surface area contributed by atoms with Crippen molar-refractivity contribution in [3.63, 3.8) is 0 Å². The second-order valence-corrected chi connectivity index (χ2v) is 11.4. The third-order valence-corrected chi connectivity index (χ3v) is 7.05. The van der Waals surface area contributed by atoms with Gasteiger partial charge in [-0.3, -0.25) is 13.8 Å². The number of unbranched alkanes of at least 4 members (excludes halogenated alkanes) is 9. The zero-order chi connectivity index (χ0) is 30.3. The molecule has 0 spiro atoms. The van der Waals surface area contributed by atoms with Gasteiger partial charge in [0.2, 0.25) is 0 Å². The minimum atomic E-state index is -4.23. The van der Waals surface area contributed by atoms with Crippen LogP contribution in [0, 0.1) is 0 Å². The predicted octanol–water partition coefficient (Wildman–Crippen LogP) is 8.12. The van der Waals surface area contributed by atoms with E-state index in [1.165, 1.54) is 51.4 Å². The summed E-state index contributed by atoms with van der Waals surface area (Å²) >= 11 is 0. The first kappa shape index (κ1) is 39.5. The van der Waals surface area contributed by atoms with Crippen molar-refractivity contribution in [2.24, 2.45) is 5.73 Å². The van der Waals surface area contributed by atoms with Gasteiger partial charge in [-0.1, -0.05) is 107 Å². The summed E-state index contributed by atoms with van der Waals surface area (Å²) in [7, 11) is -4.23. The minimum Gasteiger partial charge on any atom is -0.457 e. The molecule has 238 valence electrons. The fourth-order valence-corrected chi connectivity index (χ4v) is 4.55. The standard InChI is InChI=1S/C32H58NO7P/c1-3-5-6-7-8-9-10-11-12-13-14-15-16-17-18-19-20-21-22-23-24-25-27-37-29-31(40-32(34)4-2)30-39-41(35,36)38-28-26-33/h5-6,8-9,11-12,14-15,31H,3-4,7,10,13,16-30,33H2,1-2H3,(H,35,36)/b6-5-,9-8-,12-11-,15-14-. The maximum absolute atomic E-state index is 11.8. The number of allylic oxidation sites excluding steroid dienone is 8. The monoisotopic (exact) mass is 599 g/mol. The topological polar surface area (TPSA) is 117 Å². The quantitative estimate of drug-likeness (QED) is 0.0383. The Morgan fingerprint density at radius 2 is 1.27 bits per heavy atom. The number of rotatable bonds is 29. The molecule has 0 rings (SSSR count). The summed E-state index contributed by atoms with van der Waals surface area (Å²) in [6.07, 6.45) is 33.5. The molecule has 0 heterocycles. The van der Waals surface area contributed by atoms with Gasteiger partial charge in [-0.2, -0.15) is 0 Å². The number of carbonyl (C=O) groups is 1. The Hall–Kier alpha value is -1.54. The van der Waals surface area contributed by atoms with E-state index in [4.69, 9.17) is 24.3 Å². The average Bonchev–Trinajstić information content (AvgIpc) is 2.96. The summed E-state index contributed by atoms with van der Waals surface area (Å²) in [5.41, 5.74) is 5.26. The molecule has 0 aliphatic carbocycles. The van der Waals surface area contributed by atoms with Gasteiger partial charge in [0.1, 0.15) is 6.10 Å². The fourth-order valence-electron chi connectivity index (χ4n) is 3.78. The van der Waals surface area contributed by atoms with Crippen LogP contribution in [0.15, 0.2) is 48.6 Å². The second-order valence-electron chi connectivity index (χ2n) is 9.90. The molecule has 0 fully saturated rings. The van der Waals surface area contributed by atoms with Crippen molar-refractivity contribution in [2.75, 3.05) is 33.0 Å². The minimum absolute atomic E-state index is 0.0958. The van der Waals surface area contributed by atoms with Crippen LogP contribution < -0.4 is 5.73 Å². The highest BCUT2D eigenvalue weighted by molar-refractivity contribution is 7.47. The molecule has 0 aromatic heterocycles. The molecule has 0 aliphatic heterocycles. The molecule has 2 unspecified atom stereocenters. The van der Waals surface area contributed by atoms with Crippen LogP contribution in [-0.4, -0.2) is 49.9 Å². The molecule has 0 aliphatic rings. The maximum Gasteiger partial charge on any atom is 0.472 e. The van der Waals surface area contributed by atoms with Crippen molar-refractivity contribution in [3.8, 4) is 0 Å². The summed E-state index contributed by atoms with van der Waals surface area (Å²) in [6.45, 7) is 4.18. The van der Waals surface area contributed by atoms with Crippen molar-refractivity contribution in [2.45, 2.75) is 116 Å². The molecule has 0 aromatic rings. The van der Waals surface area contributed by atoms with Crippen LogP contribution in [0.25, 0.3) is 0 Å². The van der Waals surface area contributed by atoms with E-state index in [9.17, 15) is 14.3 Å². The zero-order valence-electron chi connectivity index (χ0n) is 25.8. The summed E-state index contributed by atoms with van der Waals surface area (Å²) in [5, 5.41) is 0. The highest BCUT2D eigenvalue weighted by Crippen LogP contribution is 2.43. The molecule has 0 saturated carbocycles. The molecule has 9 heteroatoms. The van der Waals surface area contributed by atoms with E-state index in [0.717, 1.165) is 38.5 Å². The summed E-state index contributed by atoms with van der Waals surface area (Å²) in [4.78, 5) is 21.2. The average molecular weight is 600 g/mol. The number of phosphoric acid groups is 1. The van der Waals surface area contributed by atoms with E-state index in [1.54, 1.807) is 6.92 Å². The van der Waals surface area contributed by atoms with E-state index in [2.05, 4.69) is 55.5 Å². The van der Waals surface area contributed by atoms with Crippen LogP contribution in [-0.2, 0) is 27.9 Å². The van der Waals surface area contributed by atoms with E-state index < -0.39 is 19.9 Å². The summed E-state index contributed by atoms with van der Waals surface area (Å²) < 4.78 is 32.3. The lowest BCUT2D eigenvalue weighted by Gasteiger charge is -2.19. The number of nitrogens with two attached hydrogens (primary N) is 1. The number of esters is 1. The van der Waals surface area contributed by atoms with Crippen molar-refractivity contribution in [1.82, 2.24) is 0 Å². The predicted molar refractivity (Wildman–Crippen MR) is 169 cm³/mol. The van der Waals surface area contributed by atoms with Crippen LogP contribution in [0.2, 0.25) is 0 Å². The molecule has 8 nitrogen and oxygen atoms in total. The third kappa shape index (κ3) is 29.7. The Kier molecular flexibility index (Phi) is 28.8. The number of carbonyl (C=O) groups excluding carboxylic acids is 1. The van der Waals surface area contributed by atoms with Gasteiger partial charge < -0.3 is 20.1 Å². The Labute approximate surface area is 250 Å². The van der Waals surface area contributed by atoms with Gasteiger partial charge in [-0.15, -0.1) is 0 Å². The Morgan fingerprint density at radius 1 is 0.732 bits per heavy atom. The summed E-state index contributed by atoms with van der Waals surface area (Å²) in [6, 6.07) is 0. The van der Waals surface area contributed by atoms with E-state index in [0.29, 0.717) is 6.61 Å². The number of phosphoric ester groups is 1. The number of hydrogen-bond donors (Lipinski definition) is 2. The lowest BCUT2D eigenvalue weighted by atomic mass is 10.1. The van der Waals surface area contributed by atoms with Crippen molar-refractivity contribution >= 4 is 13.8 Å². The van der Waals surface area contributed by atoms with Crippen LogP contribution in [0.3, 0.4) is 0 Å². The fraction of sp³-hybridized carbons (Fsp3) is 0.719. The number of hydrogen-bond acceptors (Lipinski definition) is 7. The Bertz CT molecular complexity index is 767. The van der Waals surface area contributed by atoms with Crippen molar-refractivity contribution in [1.29, 1.82) is 0 Å². The van der Waals surface area contributed by atoms with Crippen LogP contribution in [0.4, 0.5) is 0 Å². The third-order valence-electron chi connectivity index (χ3n) is 6.06. The van der Waals surface area contributed by atoms with E-state index >= 15 is 0 Å². The highest BCUT2D eigenvalue weighted by Gasteiger charge is 2.24. The van der Waals surface area contributed by atoms with Gasteiger partial charge in [0, 0.05) is 19.6 Å². The zero-order valence-corrected chi connectivity index (χ0v) is 26.7. The molecule has 0 radical (unpaired) electrons. The van der Waals surface area contributed by atoms with E-state index in [-0.39, 0.29) is 32.8 Å². The SMILES string of the molecule is CC/C=C\C/C=C\C/C=C\C/C=C\CCCCCCCCCCCOCC(COP(=O)(O)OCCN)OC(=O)CC. The number of ether oxygens (including phenoxy) is 2. The maximum atomic E-state index is 11.8. The molecule has 0 amide bonds. The lowest BCUT2D eigenvalue weighted by molar-refractivity contribution is -0.154. The molecule has 3 N–H and O–H groups in total. The van der Waals surface area contributed by atoms with Crippen LogP contribution in [0.5, 0.6) is 0 Å². The molecule has 0 aromatic carbocycles. The van der Waals surface area contributed by atoms with Crippen molar-refractivity contribution in [3.05, 3.63) is 48.6 Å². The van der Waals surface area contributed by atoms with Crippen LogP contribution in [0.1, 0.15) is 110 Å². The molecule has 0 bridgehead atoms. The lowest BCUT2D eigenvalue weighted by Crippen LogP contribution is -2.28. The Morgan fingerprint density at radius 3 is 1.83 bits per heavy atom.